The van der Waals surface area contributed by atoms with Gasteiger partial charge in [-0.05, 0) is 44.7 Å². The van der Waals surface area contributed by atoms with Crippen molar-refractivity contribution in [2.75, 3.05) is 11.9 Å². The molecule has 2 nitrogen and oxygen atoms in total. The molecule has 0 radical (unpaired) electrons. The Morgan fingerprint density at radius 2 is 1.90 bits per heavy atom. The quantitative estimate of drug-likeness (QED) is 0.872. The highest BCUT2D eigenvalue weighted by molar-refractivity contribution is 5.48. The van der Waals surface area contributed by atoms with Crippen molar-refractivity contribution in [3.05, 3.63) is 24.3 Å². The fourth-order valence-corrected chi connectivity index (χ4v) is 2.64. The number of halogens is 3. The van der Waals surface area contributed by atoms with E-state index in [2.05, 4.69) is 5.32 Å². The fraction of sp³-hybridized carbons (Fsp3) is 0.600. The van der Waals surface area contributed by atoms with Gasteiger partial charge in [-0.25, -0.2) is 0 Å². The first kappa shape index (κ1) is 15.0. The van der Waals surface area contributed by atoms with Gasteiger partial charge in [-0.1, -0.05) is 6.07 Å². The maximum absolute atomic E-state index is 12.6. The summed E-state index contributed by atoms with van der Waals surface area (Å²) in [5.74, 6) is -0.350. The first-order valence-corrected chi connectivity index (χ1v) is 7.05. The van der Waals surface area contributed by atoms with Crippen LogP contribution in [0.1, 0.15) is 32.6 Å². The molecular weight excluding hydrogens is 267 g/mol. The van der Waals surface area contributed by atoms with Crippen LogP contribution in [0.15, 0.2) is 24.3 Å². The zero-order valence-electron chi connectivity index (χ0n) is 11.5. The average molecular weight is 287 g/mol. The highest BCUT2D eigenvalue weighted by atomic mass is 19.4. The van der Waals surface area contributed by atoms with Crippen LogP contribution >= 0.6 is 0 Å². The molecule has 5 heteroatoms. The second kappa shape index (κ2) is 6.37. The number of hydrogen-bond acceptors (Lipinski definition) is 2. The van der Waals surface area contributed by atoms with Crippen LogP contribution in [-0.4, -0.2) is 18.8 Å². The first-order valence-electron chi connectivity index (χ1n) is 7.05. The molecule has 2 rings (SSSR count). The zero-order valence-corrected chi connectivity index (χ0v) is 11.5. The van der Waals surface area contributed by atoms with E-state index >= 15 is 0 Å². The standard InChI is InChI=1S/C15H20F3NO/c1-2-20-14-5-3-4-13(10-14)19-12-8-6-11(7-9-12)15(16,17)18/h3-5,10-12,19H,2,6-9H2,1H3. The summed E-state index contributed by atoms with van der Waals surface area (Å²) >= 11 is 0. The second-order valence-corrected chi connectivity index (χ2v) is 5.20. The van der Waals surface area contributed by atoms with Crippen LogP contribution in [0.2, 0.25) is 0 Å². The fourth-order valence-electron chi connectivity index (χ4n) is 2.64. The highest BCUT2D eigenvalue weighted by Gasteiger charge is 2.41. The molecule has 1 N–H and O–H groups in total. The highest BCUT2D eigenvalue weighted by Crippen LogP contribution is 2.38. The summed E-state index contributed by atoms with van der Waals surface area (Å²) < 4.78 is 43.2. The molecule has 0 saturated heterocycles. The van der Waals surface area contributed by atoms with Crippen LogP contribution in [0.4, 0.5) is 18.9 Å². The predicted octanol–water partition coefficient (Wildman–Crippen LogP) is 4.62. The van der Waals surface area contributed by atoms with Gasteiger partial charge in [-0.2, -0.15) is 13.2 Å². The summed E-state index contributed by atoms with van der Waals surface area (Å²) in [5, 5.41) is 3.30. The van der Waals surface area contributed by atoms with Crippen LogP contribution in [0.25, 0.3) is 0 Å². The SMILES string of the molecule is CCOc1cccc(NC2CCC(C(F)(F)F)CC2)c1. The molecule has 0 aliphatic heterocycles. The van der Waals surface area contributed by atoms with Gasteiger partial charge in [-0.15, -0.1) is 0 Å². The minimum Gasteiger partial charge on any atom is -0.494 e. The molecule has 0 heterocycles. The van der Waals surface area contributed by atoms with Crippen molar-refractivity contribution < 1.29 is 17.9 Å². The van der Waals surface area contributed by atoms with Gasteiger partial charge < -0.3 is 10.1 Å². The van der Waals surface area contributed by atoms with Gasteiger partial charge in [0.1, 0.15) is 5.75 Å². The molecule has 1 fully saturated rings. The third kappa shape index (κ3) is 4.05. The van der Waals surface area contributed by atoms with E-state index < -0.39 is 12.1 Å². The van der Waals surface area contributed by atoms with Gasteiger partial charge in [0.15, 0.2) is 0 Å². The van der Waals surface area contributed by atoms with Crippen molar-refractivity contribution >= 4 is 5.69 Å². The topological polar surface area (TPSA) is 21.3 Å². The summed E-state index contributed by atoms with van der Waals surface area (Å²) in [5.41, 5.74) is 0.909. The molecule has 1 saturated carbocycles. The lowest BCUT2D eigenvalue weighted by Crippen LogP contribution is -2.32. The predicted molar refractivity (Wildman–Crippen MR) is 73.0 cm³/mol. The van der Waals surface area contributed by atoms with Crippen LogP contribution < -0.4 is 10.1 Å². The van der Waals surface area contributed by atoms with E-state index in [1.165, 1.54) is 0 Å². The van der Waals surface area contributed by atoms with Crippen LogP contribution in [0, 0.1) is 5.92 Å². The van der Waals surface area contributed by atoms with E-state index in [1.54, 1.807) is 0 Å². The molecule has 1 aromatic carbocycles. The molecule has 1 aliphatic carbocycles. The first-order chi connectivity index (χ1) is 9.49. The average Bonchev–Trinajstić information content (AvgIpc) is 2.39. The minimum absolute atomic E-state index is 0.116. The normalized spacial score (nSPS) is 23.4. The van der Waals surface area contributed by atoms with Crippen molar-refractivity contribution in [1.29, 1.82) is 0 Å². The Hall–Kier alpha value is -1.39. The number of benzene rings is 1. The molecule has 0 aromatic heterocycles. The molecule has 1 aromatic rings. The Kier molecular flexibility index (Phi) is 4.78. The summed E-state index contributed by atoms with van der Waals surface area (Å²) in [4.78, 5) is 0. The van der Waals surface area contributed by atoms with Crippen molar-refractivity contribution in [3.8, 4) is 5.75 Å². The van der Waals surface area contributed by atoms with Gasteiger partial charge in [-0.3, -0.25) is 0 Å². The van der Waals surface area contributed by atoms with Crippen molar-refractivity contribution in [2.24, 2.45) is 5.92 Å². The van der Waals surface area contributed by atoms with Gasteiger partial charge in [0.05, 0.1) is 12.5 Å². The number of anilines is 1. The molecule has 0 unspecified atom stereocenters. The summed E-state index contributed by atoms with van der Waals surface area (Å²) in [7, 11) is 0. The zero-order chi connectivity index (χ0) is 14.6. The Bertz CT molecular complexity index is 425. The lowest BCUT2D eigenvalue weighted by molar-refractivity contribution is -0.182. The van der Waals surface area contributed by atoms with Crippen LogP contribution in [-0.2, 0) is 0 Å². The van der Waals surface area contributed by atoms with E-state index in [0.717, 1.165) is 11.4 Å². The second-order valence-electron chi connectivity index (χ2n) is 5.20. The van der Waals surface area contributed by atoms with E-state index in [0.29, 0.717) is 19.4 Å². The molecule has 112 valence electrons. The largest absolute Gasteiger partial charge is 0.494 e. The number of nitrogens with one attached hydrogen (secondary N) is 1. The maximum Gasteiger partial charge on any atom is 0.391 e. The Labute approximate surface area is 117 Å². The molecule has 0 atom stereocenters. The third-order valence-corrected chi connectivity index (χ3v) is 3.71. The summed E-state index contributed by atoms with van der Waals surface area (Å²) in [6, 6.07) is 7.67. The van der Waals surface area contributed by atoms with Crippen LogP contribution in [0.5, 0.6) is 5.75 Å². The van der Waals surface area contributed by atoms with Crippen molar-refractivity contribution in [1.82, 2.24) is 0 Å². The van der Waals surface area contributed by atoms with Gasteiger partial charge in [0.25, 0.3) is 0 Å². The number of rotatable bonds is 4. The monoisotopic (exact) mass is 287 g/mol. The van der Waals surface area contributed by atoms with Gasteiger partial charge >= 0.3 is 6.18 Å². The van der Waals surface area contributed by atoms with Crippen molar-refractivity contribution in [2.45, 2.75) is 44.8 Å². The Balaban J connectivity index is 1.88. The lowest BCUT2D eigenvalue weighted by atomic mass is 9.85. The molecule has 0 amide bonds. The lowest BCUT2D eigenvalue weighted by Gasteiger charge is -2.30. The number of alkyl halides is 3. The van der Waals surface area contributed by atoms with E-state index in [9.17, 15) is 13.2 Å². The Morgan fingerprint density at radius 3 is 2.50 bits per heavy atom. The van der Waals surface area contributed by atoms with E-state index in [1.807, 2.05) is 31.2 Å². The summed E-state index contributed by atoms with van der Waals surface area (Å²) in [6.07, 6.45) is -2.50. The molecule has 0 spiro atoms. The maximum atomic E-state index is 12.6. The third-order valence-electron chi connectivity index (χ3n) is 3.71. The minimum atomic E-state index is -4.04. The molecular formula is C15H20F3NO. The van der Waals surface area contributed by atoms with Crippen molar-refractivity contribution in [3.63, 3.8) is 0 Å². The number of ether oxygens (including phenoxy) is 1. The Morgan fingerprint density at radius 1 is 1.20 bits per heavy atom. The number of hydrogen-bond donors (Lipinski definition) is 1. The molecule has 1 aliphatic rings. The van der Waals surface area contributed by atoms with E-state index in [4.69, 9.17) is 4.74 Å². The smallest absolute Gasteiger partial charge is 0.391 e. The van der Waals surface area contributed by atoms with Gasteiger partial charge in [0, 0.05) is 17.8 Å². The van der Waals surface area contributed by atoms with Gasteiger partial charge in [0.2, 0.25) is 0 Å². The van der Waals surface area contributed by atoms with E-state index in [-0.39, 0.29) is 18.9 Å². The van der Waals surface area contributed by atoms with Crippen LogP contribution in [0.3, 0.4) is 0 Å². The molecule has 20 heavy (non-hydrogen) atoms. The summed E-state index contributed by atoms with van der Waals surface area (Å²) in [6.45, 7) is 2.51. The molecule has 0 bridgehead atoms.